The molecule has 0 saturated carbocycles. The van der Waals surface area contributed by atoms with E-state index in [2.05, 4.69) is 20.7 Å². The molecule has 0 saturated heterocycles. The zero-order valence-electron chi connectivity index (χ0n) is 22.0. The number of alkyl carbamates (subject to hydrolysis) is 1. The Labute approximate surface area is 213 Å². The SMILES string of the molecule is COC(=O)CNC(=O)[C@H](CCC(=O)NCCCOCCOCCOCCCN)NC(=O)OC(C)(C)C. The van der Waals surface area contributed by atoms with Gasteiger partial charge in [0.25, 0.3) is 0 Å². The fraction of sp³-hybridized carbons (Fsp3) is 0.826. The van der Waals surface area contributed by atoms with Gasteiger partial charge in [0.05, 0.1) is 33.5 Å². The summed E-state index contributed by atoms with van der Waals surface area (Å²) in [5.41, 5.74) is 4.61. The number of hydrogen-bond donors (Lipinski definition) is 4. The number of hydrogen-bond acceptors (Lipinski definition) is 10. The number of rotatable bonds is 20. The highest BCUT2D eigenvalue weighted by Crippen LogP contribution is 2.08. The summed E-state index contributed by atoms with van der Waals surface area (Å²) in [6.07, 6.45) is 0.625. The number of carbonyl (C=O) groups is 4. The van der Waals surface area contributed by atoms with E-state index in [1.54, 1.807) is 20.8 Å². The molecule has 13 nitrogen and oxygen atoms in total. The lowest BCUT2D eigenvalue weighted by molar-refractivity contribution is -0.141. The van der Waals surface area contributed by atoms with E-state index >= 15 is 0 Å². The normalized spacial score (nSPS) is 11.9. The molecule has 0 radical (unpaired) electrons. The van der Waals surface area contributed by atoms with Crippen molar-refractivity contribution in [3.63, 3.8) is 0 Å². The van der Waals surface area contributed by atoms with Crippen LogP contribution in [-0.2, 0) is 38.1 Å². The molecule has 13 heteroatoms. The minimum Gasteiger partial charge on any atom is -0.468 e. The topological polar surface area (TPSA) is 177 Å². The average molecular weight is 521 g/mol. The lowest BCUT2D eigenvalue weighted by Gasteiger charge is -2.23. The van der Waals surface area contributed by atoms with Crippen LogP contribution in [0.1, 0.15) is 46.5 Å². The van der Waals surface area contributed by atoms with Crippen LogP contribution in [0.5, 0.6) is 0 Å². The second kappa shape index (κ2) is 20.7. The predicted octanol–water partition coefficient (Wildman–Crippen LogP) is -0.146. The van der Waals surface area contributed by atoms with E-state index in [-0.39, 0.29) is 25.3 Å². The van der Waals surface area contributed by atoms with Crippen molar-refractivity contribution in [3.05, 3.63) is 0 Å². The third-order valence-electron chi connectivity index (χ3n) is 4.33. The van der Waals surface area contributed by atoms with Crippen LogP contribution < -0.4 is 21.7 Å². The van der Waals surface area contributed by atoms with E-state index in [1.165, 1.54) is 7.11 Å². The van der Waals surface area contributed by atoms with E-state index in [9.17, 15) is 19.2 Å². The van der Waals surface area contributed by atoms with Crippen LogP contribution in [0.15, 0.2) is 0 Å². The second-order valence-corrected chi connectivity index (χ2v) is 8.71. The molecular weight excluding hydrogens is 476 g/mol. The largest absolute Gasteiger partial charge is 0.468 e. The van der Waals surface area contributed by atoms with Crippen molar-refractivity contribution in [1.82, 2.24) is 16.0 Å². The van der Waals surface area contributed by atoms with Crippen LogP contribution in [-0.4, -0.2) is 102 Å². The number of esters is 1. The van der Waals surface area contributed by atoms with Crippen molar-refractivity contribution < 1.29 is 42.9 Å². The summed E-state index contributed by atoms with van der Waals surface area (Å²) in [4.78, 5) is 47.9. The standard InChI is InChI=1S/C23H44N4O9/c1-23(2,3)36-22(31)27-18(21(30)26-17-20(29)32-4)7-8-19(28)25-10-6-12-34-14-16-35-15-13-33-11-5-9-24/h18H,5-17,24H2,1-4H3,(H,25,28)(H,26,30)(H,27,31)/t18-/m0/s1. The summed E-state index contributed by atoms with van der Waals surface area (Å²) in [7, 11) is 1.19. The van der Waals surface area contributed by atoms with Gasteiger partial charge in [0.2, 0.25) is 11.8 Å². The van der Waals surface area contributed by atoms with E-state index in [1.807, 2.05) is 0 Å². The number of nitrogens with one attached hydrogen (secondary N) is 3. The van der Waals surface area contributed by atoms with Crippen LogP contribution in [0.4, 0.5) is 4.79 Å². The van der Waals surface area contributed by atoms with Crippen molar-refractivity contribution in [1.29, 1.82) is 0 Å². The molecule has 0 spiro atoms. The van der Waals surface area contributed by atoms with Crippen molar-refractivity contribution in [2.45, 2.75) is 58.1 Å². The summed E-state index contributed by atoms with van der Waals surface area (Å²) in [6, 6.07) is -1.07. The van der Waals surface area contributed by atoms with Gasteiger partial charge in [0, 0.05) is 26.2 Å². The molecule has 36 heavy (non-hydrogen) atoms. The summed E-state index contributed by atoms with van der Waals surface area (Å²) in [5.74, 6) is -1.56. The van der Waals surface area contributed by atoms with Gasteiger partial charge in [-0.05, 0) is 46.6 Å². The third-order valence-corrected chi connectivity index (χ3v) is 4.33. The van der Waals surface area contributed by atoms with Crippen LogP contribution in [0.2, 0.25) is 0 Å². The Bertz CT molecular complexity index is 642. The minimum absolute atomic E-state index is 0.0157. The Kier molecular flexibility index (Phi) is 19.3. The molecule has 0 aromatic rings. The number of amides is 3. The van der Waals surface area contributed by atoms with Gasteiger partial charge in [-0.15, -0.1) is 0 Å². The zero-order valence-corrected chi connectivity index (χ0v) is 22.0. The maximum Gasteiger partial charge on any atom is 0.408 e. The van der Waals surface area contributed by atoms with Gasteiger partial charge in [0.1, 0.15) is 18.2 Å². The highest BCUT2D eigenvalue weighted by atomic mass is 16.6. The van der Waals surface area contributed by atoms with Gasteiger partial charge in [-0.2, -0.15) is 0 Å². The number of ether oxygens (including phenoxy) is 5. The molecule has 3 amide bonds. The first kappa shape index (κ1) is 33.5. The first-order chi connectivity index (χ1) is 17.1. The molecule has 210 valence electrons. The Morgan fingerprint density at radius 1 is 0.861 bits per heavy atom. The van der Waals surface area contributed by atoms with Gasteiger partial charge >= 0.3 is 12.1 Å². The summed E-state index contributed by atoms with van der Waals surface area (Å²) in [5, 5.41) is 7.54. The molecule has 0 heterocycles. The molecular formula is C23H44N4O9. The van der Waals surface area contributed by atoms with Crippen LogP contribution in [0, 0.1) is 0 Å². The molecule has 0 aromatic heterocycles. The zero-order chi connectivity index (χ0) is 27.2. The van der Waals surface area contributed by atoms with Crippen LogP contribution >= 0.6 is 0 Å². The predicted molar refractivity (Wildman–Crippen MR) is 131 cm³/mol. The summed E-state index contributed by atoms with van der Waals surface area (Å²) in [6.45, 7) is 8.69. The monoisotopic (exact) mass is 520 g/mol. The Hall–Kier alpha value is -2.48. The number of carbonyl (C=O) groups excluding carboxylic acids is 4. The van der Waals surface area contributed by atoms with Crippen LogP contribution in [0.3, 0.4) is 0 Å². The first-order valence-corrected chi connectivity index (χ1v) is 12.1. The van der Waals surface area contributed by atoms with E-state index in [4.69, 9.17) is 24.7 Å². The summed E-state index contributed by atoms with van der Waals surface area (Å²) < 4.78 is 25.8. The fourth-order valence-corrected chi connectivity index (χ4v) is 2.57. The molecule has 0 aliphatic heterocycles. The fourth-order valence-electron chi connectivity index (χ4n) is 2.57. The molecule has 0 fully saturated rings. The molecule has 1 atom stereocenters. The third kappa shape index (κ3) is 20.9. The molecule has 0 unspecified atom stereocenters. The smallest absolute Gasteiger partial charge is 0.408 e. The average Bonchev–Trinajstić information content (AvgIpc) is 2.81. The Balaban J connectivity index is 4.15. The van der Waals surface area contributed by atoms with Crippen molar-refractivity contribution in [2.75, 3.05) is 66.4 Å². The quantitative estimate of drug-likeness (QED) is 0.125. The Morgan fingerprint density at radius 3 is 2.00 bits per heavy atom. The van der Waals surface area contributed by atoms with Gasteiger partial charge in [-0.25, -0.2) is 4.79 Å². The van der Waals surface area contributed by atoms with Crippen molar-refractivity contribution in [2.24, 2.45) is 5.73 Å². The minimum atomic E-state index is -1.07. The summed E-state index contributed by atoms with van der Waals surface area (Å²) >= 11 is 0. The van der Waals surface area contributed by atoms with Gasteiger partial charge in [0.15, 0.2) is 0 Å². The van der Waals surface area contributed by atoms with Gasteiger partial charge in [-0.3, -0.25) is 14.4 Å². The first-order valence-electron chi connectivity index (χ1n) is 12.1. The van der Waals surface area contributed by atoms with E-state index < -0.39 is 29.6 Å². The molecule has 0 aliphatic carbocycles. The Morgan fingerprint density at radius 2 is 1.44 bits per heavy atom. The highest BCUT2D eigenvalue weighted by molar-refractivity contribution is 5.88. The van der Waals surface area contributed by atoms with Gasteiger partial charge < -0.3 is 45.4 Å². The lowest BCUT2D eigenvalue weighted by atomic mass is 10.1. The number of methoxy groups -OCH3 is 1. The number of nitrogens with two attached hydrogens (primary N) is 1. The molecule has 0 rings (SSSR count). The molecule has 0 bridgehead atoms. The lowest BCUT2D eigenvalue weighted by Crippen LogP contribution is -2.49. The highest BCUT2D eigenvalue weighted by Gasteiger charge is 2.25. The molecule has 0 aromatic carbocycles. The molecule has 5 N–H and O–H groups in total. The molecule has 0 aliphatic rings. The maximum atomic E-state index is 12.4. The maximum absolute atomic E-state index is 12.4. The van der Waals surface area contributed by atoms with Crippen LogP contribution in [0.25, 0.3) is 0 Å². The van der Waals surface area contributed by atoms with Crippen molar-refractivity contribution >= 4 is 23.9 Å². The van der Waals surface area contributed by atoms with Crippen molar-refractivity contribution in [3.8, 4) is 0 Å². The van der Waals surface area contributed by atoms with Gasteiger partial charge in [-0.1, -0.05) is 0 Å². The van der Waals surface area contributed by atoms with E-state index in [0.29, 0.717) is 59.2 Å². The van der Waals surface area contributed by atoms with E-state index in [0.717, 1.165) is 6.42 Å². The second-order valence-electron chi connectivity index (χ2n) is 8.71.